The molecule has 0 saturated carbocycles. The van der Waals surface area contributed by atoms with Crippen molar-refractivity contribution in [3.05, 3.63) is 59.9 Å². The molecule has 1 aliphatic rings. The standard InChI is InChI=1S/C19H23N3O3/c1-2-25-17(23)10-11-20-19(24)22-14-13-21-12-6-9-16(21)18(22)15-7-4-3-5-8-15/h3-9,12,18H,2,10-11,13-14H2,1H3,(H,20,24)/t18-/m1/s1. The van der Waals surface area contributed by atoms with E-state index in [4.69, 9.17) is 4.74 Å². The van der Waals surface area contributed by atoms with E-state index >= 15 is 0 Å². The molecule has 6 nitrogen and oxygen atoms in total. The van der Waals surface area contributed by atoms with Crippen molar-refractivity contribution in [3.8, 4) is 0 Å². The smallest absolute Gasteiger partial charge is 0.318 e. The van der Waals surface area contributed by atoms with Crippen molar-refractivity contribution in [3.63, 3.8) is 0 Å². The fourth-order valence-electron chi connectivity index (χ4n) is 3.19. The molecule has 25 heavy (non-hydrogen) atoms. The van der Waals surface area contributed by atoms with Crippen LogP contribution in [0.2, 0.25) is 0 Å². The minimum Gasteiger partial charge on any atom is -0.466 e. The highest BCUT2D eigenvalue weighted by atomic mass is 16.5. The number of urea groups is 1. The second-order valence-electron chi connectivity index (χ2n) is 5.92. The number of amides is 2. The third kappa shape index (κ3) is 3.84. The maximum absolute atomic E-state index is 12.7. The van der Waals surface area contributed by atoms with Gasteiger partial charge in [0.1, 0.15) is 0 Å². The van der Waals surface area contributed by atoms with E-state index in [-0.39, 0.29) is 31.0 Å². The van der Waals surface area contributed by atoms with Gasteiger partial charge in [0.15, 0.2) is 0 Å². The van der Waals surface area contributed by atoms with Crippen molar-refractivity contribution in [1.29, 1.82) is 0 Å². The summed E-state index contributed by atoms with van der Waals surface area (Å²) in [6.45, 7) is 3.77. The number of hydrogen-bond donors (Lipinski definition) is 1. The highest BCUT2D eigenvalue weighted by molar-refractivity contribution is 5.76. The lowest BCUT2D eigenvalue weighted by Crippen LogP contribution is -2.47. The summed E-state index contributed by atoms with van der Waals surface area (Å²) in [5.41, 5.74) is 2.17. The van der Waals surface area contributed by atoms with Crippen LogP contribution in [0.15, 0.2) is 48.7 Å². The van der Waals surface area contributed by atoms with Crippen LogP contribution in [-0.4, -0.2) is 41.2 Å². The first-order valence-corrected chi connectivity index (χ1v) is 8.60. The van der Waals surface area contributed by atoms with E-state index in [1.54, 1.807) is 6.92 Å². The van der Waals surface area contributed by atoms with Crippen LogP contribution in [0.25, 0.3) is 0 Å². The number of carbonyl (C=O) groups is 2. The SMILES string of the molecule is CCOC(=O)CCNC(=O)N1CCn2cccc2[C@H]1c1ccccc1. The molecule has 0 fully saturated rings. The van der Waals surface area contributed by atoms with Crippen molar-refractivity contribution in [2.45, 2.75) is 25.9 Å². The fraction of sp³-hybridized carbons (Fsp3) is 0.368. The Labute approximate surface area is 147 Å². The van der Waals surface area contributed by atoms with Crippen LogP contribution in [0.1, 0.15) is 30.6 Å². The molecule has 0 aliphatic carbocycles. The number of ether oxygens (including phenoxy) is 1. The van der Waals surface area contributed by atoms with E-state index in [1.807, 2.05) is 47.5 Å². The average molecular weight is 341 g/mol. The summed E-state index contributed by atoms with van der Waals surface area (Å²) in [4.78, 5) is 26.0. The molecule has 2 aromatic rings. The van der Waals surface area contributed by atoms with Gasteiger partial charge in [-0.05, 0) is 24.6 Å². The zero-order valence-corrected chi connectivity index (χ0v) is 14.4. The number of fused-ring (bicyclic) bond motifs is 1. The topological polar surface area (TPSA) is 63.6 Å². The molecular formula is C19H23N3O3. The van der Waals surface area contributed by atoms with Gasteiger partial charge >= 0.3 is 12.0 Å². The zero-order chi connectivity index (χ0) is 17.6. The van der Waals surface area contributed by atoms with E-state index < -0.39 is 0 Å². The number of rotatable bonds is 5. The van der Waals surface area contributed by atoms with Crippen molar-refractivity contribution >= 4 is 12.0 Å². The van der Waals surface area contributed by atoms with Gasteiger partial charge in [-0.25, -0.2) is 4.79 Å². The second kappa shape index (κ2) is 7.88. The summed E-state index contributed by atoms with van der Waals surface area (Å²) in [6, 6.07) is 13.8. The molecule has 2 heterocycles. The number of hydrogen-bond acceptors (Lipinski definition) is 3. The number of esters is 1. The number of aromatic nitrogens is 1. The van der Waals surface area contributed by atoms with Gasteiger partial charge in [-0.2, -0.15) is 0 Å². The largest absolute Gasteiger partial charge is 0.466 e. The Kier molecular flexibility index (Phi) is 5.38. The molecule has 1 aromatic carbocycles. The van der Waals surface area contributed by atoms with Crippen LogP contribution in [0.3, 0.4) is 0 Å². The van der Waals surface area contributed by atoms with Gasteiger partial charge in [0.05, 0.1) is 19.1 Å². The lowest BCUT2D eigenvalue weighted by Gasteiger charge is -2.37. The van der Waals surface area contributed by atoms with E-state index in [2.05, 4.69) is 16.0 Å². The first-order valence-electron chi connectivity index (χ1n) is 8.60. The maximum atomic E-state index is 12.7. The minimum atomic E-state index is -0.296. The Morgan fingerprint density at radius 2 is 1.96 bits per heavy atom. The van der Waals surface area contributed by atoms with Crippen LogP contribution in [0, 0.1) is 0 Å². The lowest BCUT2D eigenvalue weighted by molar-refractivity contribution is -0.142. The predicted octanol–water partition coefficient (Wildman–Crippen LogP) is 2.56. The first kappa shape index (κ1) is 17.1. The van der Waals surface area contributed by atoms with Crippen LogP contribution < -0.4 is 5.32 Å². The van der Waals surface area contributed by atoms with E-state index in [0.29, 0.717) is 13.2 Å². The monoisotopic (exact) mass is 341 g/mol. The Morgan fingerprint density at radius 3 is 2.72 bits per heavy atom. The molecule has 3 rings (SSSR count). The number of carbonyl (C=O) groups excluding carboxylic acids is 2. The molecule has 1 atom stereocenters. The Bertz CT molecular complexity index is 727. The molecule has 1 aliphatic heterocycles. The average Bonchev–Trinajstić information content (AvgIpc) is 3.10. The Morgan fingerprint density at radius 1 is 1.16 bits per heavy atom. The quantitative estimate of drug-likeness (QED) is 0.850. The molecule has 0 saturated heterocycles. The second-order valence-corrected chi connectivity index (χ2v) is 5.92. The molecule has 1 N–H and O–H groups in total. The van der Waals surface area contributed by atoms with Crippen LogP contribution >= 0.6 is 0 Å². The third-order valence-electron chi connectivity index (χ3n) is 4.33. The Hall–Kier alpha value is -2.76. The number of nitrogens with one attached hydrogen (secondary N) is 1. The summed E-state index contributed by atoms with van der Waals surface area (Å²) in [5.74, 6) is -0.296. The molecular weight excluding hydrogens is 318 g/mol. The van der Waals surface area contributed by atoms with E-state index in [9.17, 15) is 9.59 Å². The zero-order valence-electron chi connectivity index (χ0n) is 14.4. The Balaban J connectivity index is 1.73. The van der Waals surface area contributed by atoms with Crippen LogP contribution in [0.4, 0.5) is 4.79 Å². The van der Waals surface area contributed by atoms with Crippen LogP contribution in [-0.2, 0) is 16.1 Å². The van der Waals surface area contributed by atoms with E-state index in [0.717, 1.165) is 17.8 Å². The fourth-order valence-corrected chi connectivity index (χ4v) is 3.19. The van der Waals surface area contributed by atoms with Gasteiger partial charge in [0.25, 0.3) is 0 Å². The van der Waals surface area contributed by atoms with Crippen molar-refractivity contribution < 1.29 is 14.3 Å². The maximum Gasteiger partial charge on any atom is 0.318 e. The minimum absolute atomic E-state index is 0.132. The molecule has 132 valence electrons. The lowest BCUT2D eigenvalue weighted by atomic mass is 10.0. The number of benzene rings is 1. The summed E-state index contributed by atoms with van der Waals surface area (Å²) in [5, 5.41) is 2.84. The van der Waals surface area contributed by atoms with Crippen molar-refractivity contribution in [1.82, 2.24) is 14.8 Å². The highest BCUT2D eigenvalue weighted by Gasteiger charge is 2.31. The van der Waals surface area contributed by atoms with Gasteiger partial charge in [-0.1, -0.05) is 30.3 Å². The molecule has 0 radical (unpaired) electrons. The van der Waals surface area contributed by atoms with Gasteiger partial charge in [-0.15, -0.1) is 0 Å². The first-order chi connectivity index (χ1) is 12.2. The van der Waals surface area contributed by atoms with Crippen LogP contribution in [0.5, 0.6) is 0 Å². The molecule has 0 bridgehead atoms. The number of nitrogens with zero attached hydrogens (tertiary/aromatic N) is 2. The summed E-state index contributed by atoms with van der Waals surface area (Å²) >= 11 is 0. The summed E-state index contributed by atoms with van der Waals surface area (Å²) < 4.78 is 7.07. The molecule has 6 heteroatoms. The van der Waals surface area contributed by atoms with Crippen molar-refractivity contribution in [2.24, 2.45) is 0 Å². The molecule has 0 unspecified atom stereocenters. The van der Waals surface area contributed by atoms with Gasteiger partial charge < -0.3 is 19.5 Å². The van der Waals surface area contributed by atoms with Gasteiger partial charge in [-0.3, -0.25) is 4.79 Å². The third-order valence-corrected chi connectivity index (χ3v) is 4.33. The molecule has 1 aromatic heterocycles. The summed E-state index contributed by atoms with van der Waals surface area (Å²) in [7, 11) is 0. The normalized spacial score (nSPS) is 16.2. The molecule has 2 amide bonds. The van der Waals surface area contributed by atoms with Gasteiger partial charge in [0.2, 0.25) is 0 Å². The predicted molar refractivity (Wildman–Crippen MR) is 94.1 cm³/mol. The van der Waals surface area contributed by atoms with Gasteiger partial charge in [0, 0.05) is 31.5 Å². The highest BCUT2D eigenvalue weighted by Crippen LogP contribution is 2.32. The summed E-state index contributed by atoms with van der Waals surface area (Å²) in [6.07, 6.45) is 2.22. The molecule has 0 spiro atoms. The van der Waals surface area contributed by atoms with E-state index in [1.165, 1.54) is 0 Å². The van der Waals surface area contributed by atoms with Crippen molar-refractivity contribution in [2.75, 3.05) is 19.7 Å².